The summed E-state index contributed by atoms with van der Waals surface area (Å²) in [6.07, 6.45) is 2.62. The molecule has 0 radical (unpaired) electrons. The standard InChI is InChI=1S/C25H26Cl2N2O/c26-20-7-5-19(23(27)13-20)16-30-25-8-6-17-3-1-2-4-21(17)22(25)14-28-24-15-29-11-9-18(24)10-12-29/h1-8,13,18,24,28H,9-12,14-16H2. The van der Waals surface area contributed by atoms with Gasteiger partial charge in [-0.2, -0.15) is 0 Å². The van der Waals surface area contributed by atoms with Crippen LogP contribution < -0.4 is 10.1 Å². The second kappa shape index (κ2) is 8.76. The maximum absolute atomic E-state index is 6.35. The van der Waals surface area contributed by atoms with Crippen molar-refractivity contribution in [1.29, 1.82) is 0 Å². The van der Waals surface area contributed by atoms with Crippen LogP contribution >= 0.6 is 23.2 Å². The minimum absolute atomic E-state index is 0.418. The van der Waals surface area contributed by atoms with Gasteiger partial charge in [0.1, 0.15) is 12.4 Å². The summed E-state index contributed by atoms with van der Waals surface area (Å²) in [6, 6.07) is 18.8. The Morgan fingerprint density at radius 3 is 2.60 bits per heavy atom. The minimum atomic E-state index is 0.418. The fourth-order valence-corrected chi connectivity index (χ4v) is 5.32. The maximum atomic E-state index is 6.35. The van der Waals surface area contributed by atoms with Crippen LogP contribution in [0.25, 0.3) is 10.8 Å². The average Bonchev–Trinajstić information content (AvgIpc) is 2.78. The van der Waals surface area contributed by atoms with Crippen LogP contribution in [-0.2, 0) is 13.2 Å². The van der Waals surface area contributed by atoms with E-state index >= 15 is 0 Å². The summed E-state index contributed by atoms with van der Waals surface area (Å²) in [7, 11) is 0. The monoisotopic (exact) mass is 440 g/mol. The molecule has 3 saturated heterocycles. The van der Waals surface area contributed by atoms with Gasteiger partial charge in [-0.15, -0.1) is 0 Å². The number of halogens is 2. The molecule has 3 aromatic carbocycles. The number of nitrogens with one attached hydrogen (secondary N) is 1. The van der Waals surface area contributed by atoms with Gasteiger partial charge in [-0.1, -0.05) is 59.6 Å². The summed E-state index contributed by atoms with van der Waals surface area (Å²) in [5.41, 5.74) is 2.15. The largest absolute Gasteiger partial charge is 0.488 e. The fraction of sp³-hybridized carbons (Fsp3) is 0.360. The smallest absolute Gasteiger partial charge is 0.124 e. The lowest BCUT2D eigenvalue weighted by atomic mass is 9.84. The van der Waals surface area contributed by atoms with Crippen molar-refractivity contribution in [2.45, 2.75) is 32.0 Å². The molecule has 5 heteroatoms. The minimum Gasteiger partial charge on any atom is -0.488 e. The highest BCUT2D eigenvalue weighted by atomic mass is 35.5. The highest BCUT2D eigenvalue weighted by Crippen LogP contribution is 2.32. The first-order valence-electron chi connectivity index (χ1n) is 10.7. The van der Waals surface area contributed by atoms with Crippen LogP contribution in [0.5, 0.6) is 5.75 Å². The first kappa shape index (κ1) is 20.1. The van der Waals surface area contributed by atoms with Gasteiger partial charge >= 0.3 is 0 Å². The summed E-state index contributed by atoms with van der Waals surface area (Å²) < 4.78 is 6.28. The van der Waals surface area contributed by atoms with Crippen LogP contribution in [0.4, 0.5) is 0 Å². The Morgan fingerprint density at radius 1 is 1.00 bits per heavy atom. The molecule has 3 aliphatic heterocycles. The van der Waals surface area contributed by atoms with Crippen LogP contribution in [-0.4, -0.2) is 30.6 Å². The van der Waals surface area contributed by atoms with E-state index in [0.717, 1.165) is 30.3 Å². The SMILES string of the molecule is Clc1ccc(COc2ccc3ccccc3c2CNC2CN3CCC2CC3)c(Cl)c1. The van der Waals surface area contributed by atoms with Gasteiger partial charge < -0.3 is 15.0 Å². The lowest BCUT2D eigenvalue weighted by Gasteiger charge is -2.45. The van der Waals surface area contributed by atoms with Gasteiger partial charge in [0.25, 0.3) is 0 Å². The highest BCUT2D eigenvalue weighted by Gasteiger charge is 2.33. The molecule has 3 aliphatic rings. The van der Waals surface area contributed by atoms with Crippen molar-refractivity contribution in [2.24, 2.45) is 5.92 Å². The van der Waals surface area contributed by atoms with E-state index < -0.39 is 0 Å². The van der Waals surface area contributed by atoms with E-state index in [1.165, 1.54) is 42.3 Å². The van der Waals surface area contributed by atoms with Gasteiger partial charge in [0.15, 0.2) is 0 Å². The van der Waals surface area contributed by atoms with Gasteiger partial charge in [0, 0.05) is 40.3 Å². The van der Waals surface area contributed by atoms with Gasteiger partial charge in [0.2, 0.25) is 0 Å². The summed E-state index contributed by atoms with van der Waals surface area (Å²) in [6.45, 7) is 4.90. The molecule has 156 valence electrons. The van der Waals surface area contributed by atoms with Crippen LogP contribution in [0.1, 0.15) is 24.0 Å². The van der Waals surface area contributed by atoms with Crippen molar-refractivity contribution in [2.75, 3.05) is 19.6 Å². The molecular formula is C25H26Cl2N2O. The molecule has 0 saturated carbocycles. The fourth-order valence-electron chi connectivity index (χ4n) is 4.86. The maximum Gasteiger partial charge on any atom is 0.124 e. The van der Waals surface area contributed by atoms with Crippen molar-refractivity contribution < 1.29 is 4.74 Å². The third kappa shape index (κ3) is 4.17. The van der Waals surface area contributed by atoms with Crippen molar-refractivity contribution in [3.05, 3.63) is 75.8 Å². The zero-order valence-corrected chi connectivity index (χ0v) is 18.4. The second-order valence-corrected chi connectivity index (χ2v) is 9.26. The van der Waals surface area contributed by atoms with Crippen LogP contribution in [0, 0.1) is 5.92 Å². The molecule has 3 heterocycles. The predicted molar refractivity (Wildman–Crippen MR) is 125 cm³/mol. The Balaban J connectivity index is 1.38. The number of ether oxygens (including phenoxy) is 1. The summed E-state index contributed by atoms with van der Waals surface area (Å²) in [5, 5.41) is 7.60. The first-order valence-corrected chi connectivity index (χ1v) is 11.5. The highest BCUT2D eigenvalue weighted by molar-refractivity contribution is 6.35. The molecule has 1 N–H and O–H groups in total. The van der Waals surface area contributed by atoms with Crippen molar-refractivity contribution in [1.82, 2.24) is 10.2 Å². The zero-order chi connectivity index (χ0) is 20.5. The predicted octanol–water partition coefficient (Wildman–Crippen LogP) is 5.91. The molecule has 0 amide bonds. The Bertz CT molecular complexity index is 1050. The Hall–Kier alpha value is -1.78. The molecule has 6 rings (SSSR count). The molecule has 0 spiro atoms. The molecule has 2 bridgehead atoms. The van der Waals surface area contributed by atoms with Gasteiger partial charge in [-0.05, 0) is 60.8 Å². The topological polar surface area (TPSA) is 24.5 Å². The van der Waals surface area contributed by atoms with Crippen LogP contribution in [0.15, 0.2) is 54.6 Å². The number of rotatable bonds is 6. The normalized spacial score (nSPS) is 23.1. The molecule has 0 aliphatic carbocycles. The van der Waals surface area contributed by atoms with Crippen LogP contribution in [0.2, 0.25) is 10.0 Å². The Morgan fingerprint density at radius 2 is 1.83 bits per heavy atom. The molecule has 30 heavy (non-hydrogen) atoms. The number of hydrogen-bond acceptors (Lipinski definition) is 3. The summed E-state index contributed by atoms with van der Waals surface area (Å²) in [5.74, 6) is 1.70. The van der Waals surface area contributed by atoms with E-state index in [1.54, 1.807) is 6.07 Å². The van der Waals surface area contributed by atoms with Gasteiger partial charge in [-0.3, -0.25) is 0 Å². The molecule has 0 aromatic heterocycles. The number of benzene rings is 3. The lowest BCUT2D eigenvalue weighted by molar-refractivity contribution is 0.0719. The average molecular weight is 441 g/mol. The lowest BCUT2D eigenvalue weighted by Crippen LogP contribution is -2.55. The Labute approximate surface area is 187 Å². The summed E-state index contributed by atoms with van der Waals surface area (Å²) in [4.78, 5) is 2.58. The van der Waals surface area contributed by atoms with Gasteiger partial charge in [-0.25, -0.2) is 0 Å². The number of hydrogen-bond donors (Lipinski definition) is 1. The Kier molecular flexibility index (Phi) is 5.88. The number of fused-ring (bicyclic) bond motifs is 4. The van der Waals surface area contributed by atoms with E-state index in [1.807, 2.05) is 12.1 Å². The van der Waals surface area contributed by atoms with Crippen molar-refractivity contribution >= 4 is 34.0 Å². The zero-order valence-electron chi connectivity index (χ0n) is 16.9. The molecule has 1 unspecified atom stereocenters. The molecule has 3 nitrogen and oxygen atoms in total. The van der Waals surface area contributed by atoms with E-state index in [2.05, 4.69) is 46.6 Å². The van der Waals surface area contributed by atoms with E-state index in [-0.39, 0.29) is 0 Å². The number of piperidine rings is 3. The third-order valence-electron chi connectivity index (χ3n) is 6.59. The van der Waals surface area contributed by atoms with E-state index in [0.29, 0.717) is 22.7 Å². The van der Waals surface area contributed by atoms with E-state index in [9.17, 15) is 0 Å². The second-order valence-electron chi connectivity index (χ2n) is 8.41. The number of nitrogens with zero attached hydrogens (tertiary/aromatic N) is 1. The van der Waals surface area contributed by atoms with E-state index in [4.69, 9.17) is 27.9 Å². The third-order valence-corrected chi connectivity index (χ3v) is 7.18. The molecule has 3 aromatic rings. The van der Waals surface area contributed by atoms with Crippen LogP contribution in [0.3, 0.4) is 0 Å². The summed E-state index contributed by atoms with van der Waals surface area (Å²) >= 11 is 12.4. The van der Waals surface area contributed by atoms with Gasteiger partial charge in [0.05, 0.1) is 0 Å². The molecular weight excluding hydrogens is 415 g/mol. The first-order chi connectivity index (χ1) is 14.7. The quantitative estimate of drug-likeness (QED) is 0.515. The van der Waals surface area contributed by atoms with Crippen molar-refractivity contribution in [3.63, 3.8) is 0 Å². The van der Waals surface area contributed by atoms with Crippen molar-refractivity contribution in [3.8, 4) is 5.75 Å². The molecule has 1 atom stereocenters. The molecule has 3 fully saturated rings.